The first kappa shape index (κ1) is 17.1. The number of carboxylic acids is 1. The van der Waals surface area contributed by atoms with Crippen molar-refractivity contribution in [1.29, 1.82) is 0 Å². The number of halogens is 1. The van der Waals surface area contributed by atoms with Gasteiger partial charge in [-0.1, -0.05) is 23.7 Å². The number of carbonyl (C=O) groups excluding carboxylic acids is 1. The van der Waals surface area contributed by atoms with E-state index in [9.17, 15) is 14.7 Å². The molecule has 0 bridgehead atoms. The minimum atomic E-state index is -0.909. The number of hydrogen-bond donors (Lipinski definition) is 1. The highest BCUT2D eigenvalue weighted by atomic mass is 35.5. The molecule has 1 saturated carbocycles. The number of aliphatic carboxylic acids is 1. The van der Waals surface area contributed by atoms with E-state index < -0.39 is 11.9 Å². The van der Waals surface area contributed by atoms with Crippen LogP contribution in [0.1, 0.15) is 52.4 Å². The average Bonchev–Trinajstić information content (AvgIpc) is 3.24. The van der Waals surface area contributed by atoms with Crippen molar-refractivity contribution < 1.29 is 19.1 Å². The second kappa shape index (κ2) is 6.43. The summed E-state index contributed by atoms with van der Waals surface area (Å²) >= 11 is 5.93. The number of aryl methyl sites for hydroxylation is 1. The number of carbonyl (C=O) groups is 2. The van der Waals surface area contributed by atoms with Crippen molar-refractivity contribution in [2.75, 3.05) is 13.1 Å². The predicted molar refractivity (Wildman–Crippen MR) is 94.4 cm³/mol. The molecule has 1 N–H and O–H groups in total. The first-order valence-corrected chi connectivity index (χ1v) is 9.06. The fourth-order valence-electron chi connectivity index (χ4n) is 3.53. The van der Waals surface area contributed by atoms with E-state index in [1.807, 2.05) is 12.1 Å². The van der Waals surface area contributed by atoms with Gasteiger partial charge in [0, 0.05) is 29.9 Å². The SMILES string of the molecule is Cc1nc(C2CC2)oc1C(=O)N1C[C@@H](C(=O)O)[C@H](c2ccc(Cl)cc2)C1. The molecule has 2 atom stereocenters. The number of aromatic nitrogens is 1. The van der Waals surface area contributed by atoms with Crippen LogP contribution in [-0.4, -0.2) is 40.0 Å². The molecule has 1 aliphatic carbocycles. The van der Waals surface area contributed by atoms with E-state index in [0.717, 1.165) is 18.4 Å². The van der Waals surface area contributed by atoms with Gasteiger partial charge in [-0.2, -0.15) is 0 Å². The van der Waals surface area contributed by atoms with Gasteiger partial charge in [-0.05, 0) is 37.5 Å². The fourth-order valence-corrected chi connectivity index (χ4v) is 3.66. The van der Waals surface area contributed by atoms with Gasteiger partial charge in [-0.15, -0.1) is 0 Å². The highest BCUT2D eigenvalue weighted by Gasteiger charge is 2.42. The van der Waals surface area contributed by atoms with Crippen LogP contribution in [0.25, 0.3) is 0 Å². The maximum atomic E-state index is 12.9. The number of amides is 1. The lowest BCUT2D eigenvalue weighted by Crippen LogP contribution is -2.30. The Hall–Kier alpha value is -2.34. The van der Waals surface area contributed by atoms with Crippen LogP contribution in [0.5, 0.6) is 0 Å². The van der Waals surface area contributed by atoms with Crippen LogP contribution in [0.4, 0.5) is 0 Å². The monoisotopic (exact) mass is 374 g/mol. The van der Waals surface area contributed by atoms with Crippen molar-refractivity contribution in [3.05, 3.63) is 52.2 Å². The molecule has 0 unspecified atom stereocenters. The Morgan fingerprint density at radius 3 is 2.54 bits per heavy atom. The minimum absolute atomic E-state index is 0.153. The Bertz CT molecular complexity index is 857. The van der Waals surface area contributed by atoms with Gasteiger partial charge in [0.1, 0.15) is 0 Å². The van der Waals surface area contributed by atoms with E-state index in [1.165, 1.54) is 0 Å². The van der Waals surface area contributed by atoms with Crippen molar-refractivity contribution in [2.24, 2.45) is 5.92 Å². The molecule has 4 rings (SSSR count). The van der Waals surface area contributed by atoms with Crippen molar-refractivity contribution in [1.82, 2.24) is 9.88 Å². The van der Waals surface area contributed by atoms with E-state index in [4.69, 9.17) is 16.0 Å². The lowest BCUT2D eigenvalue weighted by Gasteiger charge is -2.15. The lowest BCUT2D eigenvalue weighted by molar-refractivity contribution is -0.141. The van der Waals surface area contributed by atoms with Gasteiger partial charge in [0.2, 0.25) is 5.76 Å². The van der Waals surface area contributed by atoms with Crippen LogP contribution < -0.4 is 0 Å². The largest absolute Gasteiger partial charge is 0.481 e. The number of rotatable bonds is 4. The van der Waals surface area contributed by atoms with Crippen molar-refractivity contribution in [2.45, 2.75) is 31.6 Å². The Balaban J connectivity index is 1.58. The number of nitrogens with zero attached hydrogens (tertiary/aromatic N) is 2. The third-order valence-electron chi connectivity index (χ3n) is 5.16. The fraction of sp³-hybridized carbons (Fsp3) is 0.421. The van der Waals surface area contributed by atoms with Crippen molar-refractivity contribution in [3.8, 4) is 0 Å². The van der Waals surface area contributed by atoms with E-state index >= 15 is 0 Å². The molecule has 7 heteroatoms. The molecule has 2 aliphatic rings. The quantitative estimate of drug-likeness (QED) is 0.886. The summed E-state index contributed by atoms with van der Waals surface area (Å²) in [6.07, 6.45) is 2.08. The van der Waals surface area contributed by atoms with Crippen LogP contribution in [0, 0.1) is 12.8 Å². The number of benzene rings is 1. The van der Waals surface area contributed by atoms with Crippen LogP contribution >= 0.6 is 11.6 Å². The number of hydrogen-bond acceptors (Lipinski definition) is 4. The summed E-state index contributed by atoms with van der Waals surface area (Å²) in [5.74, 6) is -0.965. The van der Waals surface area contributed by atoms with E-state index in [0.29, 0.717) is 29.1 Å². The number of likely N-dealkylation sites (tertiary alicyclic amines) is 1. The summed E-state index contributed by atoms with van der Waals surface area (Å²) in [4.78, 5) is 30.5. The highest BCUT2D eigenvalue weighted by Crippen LogP contribution is 2.40. The van der Waals surface area contributed by atoms with Crippen LogP contribution in [-0.2, 0) is 4.79 Å². The molecule has 1 amide bonds. The Morgan fingerprint density at radius 2 is 1.92 bits per heavy atom. The first-order valence-electron chi connectivity index (χ1n) is 8.69. The smallest absolute Gasteiger partial charge is 0.308 e. The summed E-state index contributed by atoms with van der Waals surface area (Å²) < 4.78 is 5.70. The first-order chi connectivity index (χ1) is 12.4. The van der Waals surface area contributed by atoms with E-state index in [-0.39, 0.29) is 24.1 Å². The molecule has 1 aliphatic heterocycles. The summed E-state index contributed by atoms with van der Waals surface area (Å²) in [7, 11) is 0. The standard InChI is InChI=1S/C19H19ClN2O4/c1-10-16(26-17(21-10)12-2-3-12)18(23)22-8-14(15(9-22)19(24)25)11-4-6-13(20)7-5-11/h4-7,12,14-15H,2-3,8-9H2,1H3,(H,24,25)/t14-,15+/m0/s1. The zero-order chi connectivity index (χ0) is 18.4. The normalized spacial score (nSPS) is 22.6. The Kier molecular flexibility index (Phi) is 4.23. The second-order valence-electron chi connectivity index (χ2n) is 7.05. The van der Waals surface area contributed by atoms with Crippen molar-refractivity contribution >= 4 is 23.5 Å². The molecule has 2 aromatic rings. The Labute approximate surface area is 155 Å². The topological polar surface area (TPSA) is 83.6 Å². The van der Waals surface area contributed by atoms with E-state index in [2.05, 4.69) is 4.98 Å². The summed E-state index contributed by atoms with van der Waals surface area (Å²) in [6, 6.07) is 7.12. The van der Waals surface area contributed by atoms with Gasteiger partial charge in [0.15, 0.2) is 5.89 Å². The van der Waals surface area contributed by atoms with Crippen LogP contribution in [0.2, 0.25) is 5.02 Å². The molecule has 26 heavy (non-hydrogen) atoms. The average molecular weight is 375 g/mol. The second-order valence-corrected chi connectivity index (χ2v) is 7.49. The predicted octanol–water partition coefficient (Wildman–Crippen LogP) is 3.45. The van der Waals surface area contributed by atoms with Crippen molar-refractivity contribution in [3.63, 3.8) is 0 Å². The third kappa shape index (κ3) is 3.09. The van der Waals surface area contributed by atoms with Gasteiger partial charge in [0.05, 0.1) is 11.6 Å². The maximum absolute atomic E-state index is 12.9. The van der Waals surface area contributed by atoms with E-state index in [1.54, 1.807) is 24.0 Å². The lowest BCUT2D eigenvalue weighted by atomic mass is 9.89. The van der Waals surface area contributed by atoms with Gasteiger partial charge in [-0.25, -0.2) is 4.98 Å². The highest BCUT2D eigenvalue weighted by molar-refractivity contribution is 6.30. The van der Waals surface area contributed by atoms with Gasteiger partial charge in [0.25, 0.3) is 5.91 Å². The minimum Gasteiger partial charge on any atom is -0.481 e. The number of oxazole rings is 1. The Morgan fingerprint density at radius 1 is 1.23 bits per heavy atom. The molecule has 1 saturated heterocycles. The molecule has 6 nitrogen and oxygen atoms in total. The zero-order valence-electron chi connectivity index (χ0n) is 14.3. The molecule has 2 fully saturated rings. The maximum Gasteiger partial charge on any atom is 0.308 e. The summed E-state index contributed by atoms with van der Waals surface area (Å²) in [6.45, 7) is 2.24. The molecule has 136 valence electrons. The molecular formula is C19H19ClN2O4. The zero-order valence-corrected chi connectivity index (χ0v) is 15.1. The molecule has 2 heterocycles. The summed E-state index contributed by atoms with van der Waals surface area (Å²) in [5, 5.41) is 10.2. The molecule has 1 aromatic carbocycles. The third-order valence-corrected chi connectivity index (χ3v) is 5.41. The summed E-state index contributed by atoms with van der Waals surface area (Å²) in [5.41, 5.74) is 1.43. The van der Waals surface area contributed by atoms with Crippen LogP contribution in [0.15, 0.2) is 28.7 Å². The molecule has 1 aromatic heterocycles. The molecular weight excluding hydrogens is 356 g/mol. The molecule has 0 radical (unpaired) electrons. The van der Waals surface area contributed by atoms with Crippen LogP contribution in [0.3, 0.4) is 0 Å². The number of carboxylic acid groups (broad SMARTS) is 1. The van der Waals surface area contributed by atoms with Gasteiger partial charge < -0.3 is 14.4 Å². The van der Waals surface area contributed by atoms with Gasteiger partial charge >= 0.3 is 5.97 Å². The molecule has 0 spiro atoms. The van der Waals surface area contributed by atoms with Gasteiger partial charge in [-0.3, -0.25) is 9.59 Å².